The van der Waals surface area contributed by atoms with Crippen LogP contribution in [0.5, 0.6) is 0 Å². The van der Waals surface area contributed by atoms with E-state index in [0.29, 0.717) is 24.1 Å². The summed E-state index contributed by atoms with van der Waals surface area (Å²) in [6.07, 6.45) is 2.32. The first-order chi connectivity index (χ1) is 10.5. The molecule has 3 rings (SSSR count). The van der Waals surface area contributed by atoms with Gasteiger partial charge in [-0.25, -0.2) is 8.42 Å². The number of nitrogens with zero attached hydrogens (tertiary/aromatic N) is 1. The first-order valence-electron chi connectivity index (χ1n) is 7.42. The maximum atomic E-state index is 12.7. The van der Waals surface area contributed by atoms with E-state index in [1.54, 1.807) is 24.3 Å². The third kappa shape index (κ3) is 3.31. The summed E-state index contributed by atoms with van der Waals surface area (Å²) in [6, 6.07) is 6.16. The molecule has 1 atom stereocenters. The van der Waals surface area contributed by atoms with E-state index >= 15 is 0 Å². The van der Waals surface area contributed by atoms with E-state index < -0.39 is 16.1 Å². The van der Waals surface area contributed by atoms with Gasteiger partial charge in [0.05, 0.1) is 10.8 Å². The summed E-state index contributed by atoms with van der Waals surface area (Å²) in [7, 11) is -3.62. The molecule has 120 valence electrons. The van der Waals surface area contributed by atoms with Gasteiger partial charge < -0.3 is 5.32 Å². The minimum atomic E-state index is -3.62. The molecule has 1 unspecified atom stereocenters. The van der Waals surface area contributed by atoms with Gasteiger partial charge in [-0.05, 0) is 37.8 Å². The van der Waals surface area contributed by atoms with Gasteiger partial charge in [0.2, 0.25) is 15.9 Å². The lowest BCUT2D eigenvalue weighted by Gasteiger charge is -2.22. The summed E-state index contributed by atoms with van der Waals surface area (Å²) >= 11 is 1.48. The first kappa shape index (κ1) is 15.8. The smallest absolute Gasteiger partial charge is 0.244 e. The second-order valence-corrected chi connectivity index (χ2v) is 8.80. The highest BCUT2D eigenvalue weighted by atomic mass is 32.2. The zero-order chi connectivity index (χ0) is 15.7. The molecule has 0 aromatic heterocycles. The predicted octanol–water partition coefficient (Wildman–Crippen LogP) is 1.58. The van der Waals surface area contributed by atoms with E-state index in [0.717, 1.165) is 18.4 Å². The summed E-state index contributed by atoms with van der Waals surface area (Å²) in [6.45, 7) is 2.58. The monoisotopic (exact) mass is 340 g/mol. The molecule has 1 saturated heterocycles. The molecule has 1 saturated carbocycles. The molecule has 2 aliphatic rings. The van der Waals surface area contributed by atoms with E-state index in [1.807, 2.05) is 6.92 Å². The topological polar surface area (TPSA) is 66.5 Å². The lowest BCUT2D eigenvalue weighted by atomic mass is 10.2. The number of benzene rings is 1. The number of carbonyl (C=O) groups excluding carboxylic acids is 1. The molecule has 2 fully saturated rings. The van der Waals surface area contributed by atoms with Crippen LogP contribution < -0.4 is 5.32 Å². The largest absolute Gasteiger partial charge is 0.354 e. The summed E-state index contributed by atoms with van der Waals surface area (Å²) in [4.78, 5) is 12.5. The van der Waals surface area contributed by atoms with Crippen LogP contribution in [-0.2, 0) is 14.8 Å². The average Bonchev–Trinajstić information content (AvgIpc) is 3.18. The Morgan fingerprint density at radius 2 is 2.00 bits per heavy atom. The van der Waals surface area contributed by atoms with Crippen LogP contribution in [0.1, 0.15) is 18.4 Å². The van der Waals surface area contributed by atoms with E-state index in [-0.39, 0.29) is 10.8 Å². The number of hydrogen-bond acceptors (Lipinski definition) is 4. The van der Waals surface area contributed by atoms with Crippen LogP contribution in [0.3, 0.4) is 0 Å². The van der Waals surface area contributed by atoms with E-state index in [9.17, 15) is 13.2 Å². The SMILES string of the molecule is Cc1ccc(S(=O)(=O)N2CSCC2C(=O)NCC2CC2)cc1. The average molecular weight is 340 g/mol. The van der Waals surface area contributed by atoms with E-state index in [2.05, 4.69) is 5.32 Å². The van der Waals surface area contributed by atoms with Crippen LogP contribution in [0.4, 0.5) is 0 Å². The fourth-order valence-corrected chi connectivity index (χ4v) is 5.55. The zero-order valence-corrected chi connectivity index (χ0v) is 14.1. The van der Waals surface area contributed by atoms with Crippen molar-refractivity contribution in [1.82, 2.24) is 9.62 Å². The van der Waals surface area contributed by atoms with Gasteiger partial charge in [-0.2, -0.15) is 4.31 Å². The third-order valence-corrected chi connectivity index (χ3v) is 7.08. The van der Waals surface area contributed by atoms with Gasteiger partial charge in [-0.15, -0.1) is 11.8 Å². The fourth-order valence-electron chi connectivity index (χ4n) is 2.40. The van der Waals surface area contributed by atoms with Gasteiger partial charge in [0.1, 0.15) is 6.04 Å². The highest BCUT2D eigenvalue weighted by Crippen LogP contribution is 2.30. The van der Waals surface area contributed by atoms with Gasteiger partial charge in [0.15, 0.2) is 0 Å². The number of nitrogens with one attached hydrogen (secondary N) is 1. The van der Waals surface area contributed by atoms with E-state index in [4.69, 9.17) is 0 Å². The van der Waals surface area contributed by atoms with Gasteiger partial charge in [0, 0.05) is 12.3 Å². The van der Waals surface area contributed by atoms with Crippen LogP contribution in [0.15, 0.2) is 29.2 Å². The Hall–Kier alpha value is -1.05. The summed E-state index contributed by atoms with van der Waals surface area (Å²) < 4.78 is 26.8. The zero-order valence-electron chi connectivity index (χ0n) is 12.5. The number of rotatable bonds is 5. The van der Waals surface area contributed by atoms with Crippen molar-refractivity contribution in [3.63, 3.8) is 0 Å². The molecule has 5 nitrogen and oxygen atoms in total. The second-order valence-electron chi connectivity index (χ2n) is 5.91. The maximum absolute atomic E-state index is 12.7. The fraction of sp³-hybridized carbons (Fsp3) is 0.533. The Morgan fingerprint density at radius 3 is 2.64 bits per heavy atom. The number of amides is 1. The first-order valence-corrected chi connectivity index (χ1v) is 10.0. The summed E-state index contributed by atoms with van der Waals surface area (Å²) in [5.41, 5.74) is 1.01. The van der Waals surface area contributed by atoms with Crippen molar-refractivity contribution >= 4 is 27.7 Å². The van der Waals surface area contributed by atoms with Crippen molar-refractivity contribution in [3.8, 4) is 0 Å². The highest BCUT2D eigenvalue weighted by Gasteiger charge is 2.40. The second kappa shape index (κ2) is 6.22. The molecule has 1 aliphatic heterocycles. The minimum absolute atomic E-state index is 0.174. The third-order valence-electron chi connectivity index (χ3n) is 4.03. The van der Waals surface area contributed by atoms with Crippen LogP contribution in [0.2, 0.25) is 0 Å². The number of thioether (sulfide) groups is 1. The van der Waals surface area contributed by atoms with Crippen LogP contribution >= 0.6 is 11.8 Å². The van der Waals surface area contributed by atoms with Crippen molar-refractivity contribution in [2.24, 2.45) is 5.92 Å². The van der Waals surface area contributed by atoms with Gasteiger partial charge in [-0.3, -0.25) is 4.79 Å². The molecule has 1 aromatic rings. The van der Waals surface area contributed by atoms with Crippen molar-refractivity contribution < 1.29 is 13.2 Å². The quantitative estimate of drug-likeness (QED) is 0.884. The van der Waals surface area contributed by atoms with Crippen LogP contribution in [0, 0.1) is 12.8 Å². The molecule has 1 aliphatic carbocycles. The Balaban J connectivity index is 1.75. The number of aryl methyl sites for hydroxylation is 1. The number of hydrogen-bond donors (Lipinski definition) is 1. The molecule has 1 heterocycles. The Labute approximate surface area is 135 Å². The molecular weight excluding hydrogens is 320 g/mol. The molecule has 0 bridgehead atoms. The molecule has 1 N–H and O–H groups in total. The Morgan fingerprint density at radius 1 is 1.32 bits per heavy atom. The lowest BCUT2D eigenvalue weighted by Crippen LogP contribution is -2.47. The van der Waals surface area contributed by atoms with Gasteiger partial charge in [-0.1, -0.05) is 17.7 Å². The predicted molar refractivity (Wildman–Crippen MR) is 87.1 cm³/mol. The van der Waals surface area contributed by atoms with Crippen molar-refractivity contribution in [2.45, 2.75) is 30.7 Å². The maximum Gasteiger partial charge on any atom is 0.244 e. The van der Waals surface area contributed by atoms with Crippen molar-refractivity contribution in [2.75, 3.05) is 18.2 Å². The molecular formula is C15H20N2O3S2. The molecule has 7 heteroatoms. The van der Waals surface area contributed by atoms with Crippen molar-refractivity contribution in [3.05, 3.63) is 29.8 Å². The molecule has 1 amide bonds. The van der Waals surface area contributed by atoms with Gasteiger partial charge >= 0.3 is 0 Å². The standard InChI is InChI=1S/C15H20N2O3S2/c1-11-2-6-13(7-3-11)22(19,20)17-10-21-9-14(17)15(18)16-8-12-4-5-12/h2-3,6-7,12,14H,4-5,8-10H2,1H3,(H,16,18). The van der Waals surface area contributed by atoms with Crippen LogP contribution in [0.25, 0.3) is 0 Å². The normalized spacial score (nSPS) is 22.7. The Kier molecular flexibility index (Phi) is 4.47. The number of carbonyl (C=O) groups is 1. The Bertz CT molecular complexity index is 654. The molecule has 0 spiro atoms. The summed E-state index contributed by atoms with van der Waals surface area (Å²) in [5.74, 6) is 1.26. The molecule has 1 aromatic carbocycles. The van der Waals surface area contributed by atoms with Gasteiger partial charge in [0.25, 0.3) is 0 Å². The number of sulfonamides is 1. The van der Waals surface area contributed by atoms with E-state index in [1.165, 1.54) is 16.1 Å². The highest BCUT2D eigenvalue weighted by molar-refractivity contribution is 8.00. The molecule has 0 radical (unpaired) electrons. The minimum Gasteiger partial charge on any atom is -0.354 e. The molecule has 22 heavy (non-hydrogen) atoms. The van der Waals surface area contributed by atoms with Crippen LogP contribution in [-0.4, -0.2) is 42.8 Å². The summed E-state index contributed by atoms with van der Waals surface area (Å²) in [5, 5.41) is 2.89. The van der Waals surface area contributed by atoms with Crippen molar-refractivity contribution in [1.29, 1.82) is 0 Å². The lowest BCUT2D eigenvalue weighted by molar-refractivity contribution is -0.123.